The summed E-state index contributed by atoms with van der Waals surface area (Å²) >= 11 is 7.70. The molecule has 0 fully saturated rings. The Hall–Kier alpha value is -1.32. The number of benzene rings is 1. The lowest BCUT2D eigenvalue weighted by molar-refractivity contribution is 0.0697. The van der Waals surface area contributed by atoms with Gasteiger partial charge >= 0.3 is 5.97 Å². The minimum absolute atomic E-state index is 0.209. The van der Waals surface area contributed by atoms with Gasteiger partial charge in [0.15, 0.2) is 0 Å². The predicted molar refractivity (Wildman–Crippen MR) is 66.5 cm³/mol. The first-order chi connectivity index (χ1) is 7.58. The Morgan fingerprint density at radius 1 is 1.38 bits per heavy atom. The van der Waals surface area contributed by atoms with E-state index < -0.39 is 5.97 Å². The molecule has 0 bridgehead atoms. The molecule has 0 amide bonds. The molecule has 1 N–H and O–H groups in total. The molecule has 2 aromatic rings. The van der Waals surface area contributed by atoms with E-state index in [1.807, 2.05) is 18.4 Å². The van der Waals surface area contributed by atoms with E-state index in [4.69, 9.17) is 16.7 Å². The van der Waals surface area contributed by atoms with Gasteiger partial charge < -0.3 is 5.11 Å². The second-order valence-electron chi connectivity index (χ2n) is 3.45. The van der Waals surface area contributed by atoms with Crippen LogP contribution in [0.5, 0.6) is 0 Å². The van der Waals surface area contributed by atoms with E-state index in [0.717, 1.165) is 11.1 Å². The van der Waals surface area contributed by atoms with Gasteiger partial charge in [-0.2, -0.15) is 0 Å². The quantitative estimate of drug-likeness (QED) is 0.875. The van der Waals surface area contributed by atoms with Crippen molar-refractivity contribution in [3.05, 3.63) is 45.1 Å². The zero-order chi connectivity index (χ0) is 11.7. The Kier molecular flexibility index (Phi) is 2.99. The van der Waals surface area contributed by atoms with Crippen molar-refractivity contribution in [1.29, 1.82) is 0 Å². The van der Waals surface area contributed by atoms with Gasteiger partial charge in [0.2, 0.25) is 0 Å². The largest absolute Gasteiger partial charge is 0.478 e. The third-order valence-corrected chi connectivity index (χ3v) is 3.43. The first-order valence-corrected chi connectivity index (χ1v) is 5.92. The molecule has 0 aliphatic rings. The van der Waals surface area contributed by atoms with E-state index in [1.54, 1.807) is 23.5 Å². The molecule has 1 aromatic heterocycles. The minimum atomic E-state index is -0.963. The molecule has 0 unspecified atom stereocenters. The van der Waals surface area contributed by atoms with Gasteiger partial charge in [0.1, 0.15) is 0 Å². The molecule has 16 heavy (non-hydrogen) atoms. The molecule has 2 nitrogen and oxygen atoms in total. The van der Waals surface area contributed by atoms with Gasteiger partial charge in [0.25, 0.3) is 0 Å². The highest BCUT2D eigenvalue weighted by molar-refractivity contribution is 7.10. The summed E-state index contributed by atoms with van der Waals surface area (Å²) < 4.78 is 0. The number of aromatic carboxylic acids is 1. The van der Waals surface area contributed by atoms with Gasteiger partial charge in [-0.05, 0) is 36.1 Å². The summed E-state index contributed by atoms with van der Waals surface area (Å²) in [5.41, 5.74) is 2.11. The smallest absolute Gasteiger partial charge is 0.335 e. The van der Waals surface area contributed by atoms with Crippen molar-refractivity contribution in [3.63, 3.8) is 0 Å². The van der Waals surface area contributed by atoms with Crippen molar-refractivity contribution in [2.24, 2.45) is 0 Å². The Labute approximate surface area is 102 Å². The number of aryl methyl sites for hydroxylation is 1. The monoisotopic (exact) mass is 252 g/mol. The molecule has 2 rings (SSSR count). The molecule has 0 saturated heterocycles. The standard InChI is InChI=1S/C12H9ClO2S/c1-7-4-9(6-16-7)10-3-2-8(12(14)15)5-11(10)13/h2-6H,1H3,(H,14,15). The third-order valence-electron chi connectivity index (χ3n) is 2.26. The Balaban J connectivity index is 2.47. The van der Waals surface area contributed by atoms with Crippen molar-refractivity contribution in [1.82, 2.24) is 0 Å². The lowest BCUT2D eigenvalue weighted by Crippen LogP contribution is -1.95. The van der Waals surface area contributed by atoms with Crippen molar-refractivity contribution >= 4 is 28.9 Å². The number of carboxylic acid groups (broad SMARTS) is 1. The summed E-state index contributed by atoms with van der Waals surface area (Å²) in [6.45, 7) is 2.02. The van der Waals surface area contributed by atoms with Gasteiger partial charge in [0.05, 0.1) is 5.56 Å². The summed E-state index contributed by atoms with van der Waals surface area (Å²) in [4.78, 5) is 12.0. The zero-order valence-electron chi connectivity index (χ0n) is 8.53. The Bertz CT molecular complexity index is 546. The van der Waals surface area contributed by atoms with Gasteiger partial charge in [0, 0.05) is 15.5 Å². The van der Waals surface area contributed by atoms with Crippen molar-refractivity contribution in [2.75, 3.05) is 0 Å². The maximum atomic E-state index is 10.7. The molecule has 0 aliphatic heterocycles. The van der Waals surface area contributed by atoms with Crippen LogP contribution in [0.25, 0.3) is 11.1 Å². The fraction of sp³-hybridized carbons (Fsp3) is 0.0833. The van der Waals surface area contributed by atoms with Gasteiger partial charge in [-0.3, -0.25) is 0 Å². The van der Waals surface area contributed by atoms with Crippen molar-refractivity contribution in [2.45, 2.75) is 6.92 Å². The lowest BCUT2D eigenvalue weighted by Gasteiger charge is -2.02. The first kappa shape index (κ1) is 11.2. The van der Waals surface area contributed by atoms with Crippen LogP contribution in [0.4, 0.5) is 0 Å². The van der Waals surface area contributed by atoms with E-state index in [2.05, 4.69) is 0 Å². The number of rotatable bonds is 2. The van der Waals surface area contributed by atoms with E-state index >= 15 is 0 Å². The number of halogens is 1. The van der Waals surface area contributed by atoms with E-state index in [-0.39, 0.29) is 5.56 Å². The highest BCUT2D eigenvalue weighted by Crippen LogP contribution is 2.31. The van der Waals surface area contributed by atoms with Crippen LogP contribution in [0.15, 0.2) is 29.6 Å². The van der Waals surface area contributed by atoms with Gasteiger partial charge in [-0.1, -0.05) is 17.7 Å². The number of carboxylic acids is 1. The Morgan fingerprint density at radius 2 is 2.12 bits per heavy atom. The second-order valence-corrected chi connectivity index (χ2v) is 4.97. The summed E-state index contributed by atoms with van der Waals surface area (Å²) in [5.74, 6) is -0.963. The first-order valence-electron chi connectivity index (χ1n) is 4.66. The fourth-order valence-electron chi connectivity index (χ4n) is 1.47. The van der Waals surface area contributed by atoms with Crippen LogP contribution < -0.4 is 0 Å². The highest BCUT2D eigenvalue weighted by Gasteiger charge is 2.09. The molecule has 1 aromatic carbocycles. The van der Waals surface area contributed by atoms with Gasteiger partial charge in [-0.15, -0.1) is 11.3 Å². The molecule has 4 heteroatoms. The molecule has 0 radical (unpaired) electrons. The number of carbonyl (C=O) groups is 1. The van der Waals surface area contributed by atoms with E-state index in [1.165, 1.54) is 10.9 Å². The molecule has 0 atom stereocenters. The molecular weight excluding hydrogens is 244 g/mol. The fourth-order valence-corrected chi connectivity index (χ4v) is 2.46. The van der Waals surface area contributed by atoms with Crippen LogP contribution >= 0.6 is 22.9 Å². The molecule has 0 saturated carbocycles. The average Bonchev–Trinajstić information content (AvgIpc) is 2.64. The van der Waals surface area contributed by atoms with Gasteiger partial charge in [-0.25, -0.2) is 4.79 Å². The van der Waals surface area contributed by atoms with Crippen LogP contribution in [0.1, 0.15) is 15.2 Å². The van der Waals surface area contributed by atoms with E-state index in [9.17, 15) is 4.79 Å². The highest BCUT2D eigenvalue weighted by atomic mass is 35.5. The van der Waals surface area contributed by atoms with Crippen LogP contribution in [0.2, 0.25) is 5.02 Å². The van der Waals surface area contributed by atoms with Crippen LogP contribution in [0.3, 0.4) is 0 Å². The zero-order valence-corrected chi connectivity index (χ0v) is 10.1. The molecule has 0 spiro atoms. The number of thiophene rings is 1. The Morgan fingerprint density at radius 3 is 2.62 bits per heavy atom. The number of hydrogen-bond acceptors (Lipinski definition) is 2. The predicted octanol–water partition coefficient (Wildman–Crippen LogP) is 4.08. The van der Waals surface area contributed by atoms with Crippen LogP contribution in [-0.4, -0.2) is 11.1 Å². The summed E-state index contributed by atoms with van der Waals surface area (Å²) in [5, 5.41) is 11.3. The minimum Gasteiger partial charge on any atom is -0.478 e. The maximum absolute atomic E-state index is 10.7. The van der Waals surface area contributed by atoms with Crippen LogP contribution in [-0.2, 0) is 0 Å². The summed E-state index contributed by atoms with van der Waals surface area (Å²) in [7, 11) is 0. The molecule has 1 heterocycles. The molecular formula is C12H9ClO2S. The SMILES string of the molecule is Cc1cc(-c2ccc(C(=O)O)cc2Cl)cs1. The van der Waals surface area contributed by atoms with Crippen molar-refractivity contribution < 1.29 is 9.90 Å². The molecule has 82 valence electrons. The number of hydrogen-bond donors (Lipinski definition) is 1. The summed E-state index contributed by atoms with van der Waals surface area (Å²) in [6, 6.07) is 6.82. The summed E-state index contributed by atoms with van der Waals surface area (Å²) in [6.07, 6.45) is 0. The third kappa shape index (κ3) is 2.10. The second kappa shape index (κ2) is 4.28. The molecule has 0 aliphatic carbocycles. The van der Waals surface area contributed by atoms with E-state index in [0.29, 0.717) is 5.02 Å². The van der Waals surface area contributed by atoms with Crippen LogP contribution in [0, 0.1) is 6.92 Å². The lowest BCUT2D eigenvalue weighted by atomic mass is 10.1. The normalized spacial score (nSPS) is 10.4. The maximum Gasteiger partial charge on any atom is 0.335 e. The topological polar surface area (TPSA) is 37.3 Å². The van der Waals surface area contributed by atoms with Crippen molar-refractivity contribution in [3.8, 4) is 11.1 Å². The average molecular weight is 253 g/mol.